The lowest BCUT2D eigenvalue weighted by atomic mass is 9.96. The Morgan fingerprint density at radius 2 is 1.80 bits per heavy atom. The van der Waals surface area contributed by atoms with Gasteiger partial charge in [0, 0.05) is 30.6 Å². The molecule has 5 rings (SSSR count). The summed E-state index contributed by atoms with van der Waals surface area (Å²) in [7, 11) is 1.22. The summed E-state index contributed by atoms with van der Waals surface area (Å²) in [6.45, 7) is 5.00. The molecule has 0 bridgehead atoms. The fourth-order valence-electron chi connectivity index (χ4n) is 5.15. The first-order valence-corrected chi connectivity index (χ1v) is 15.4. The van der Waals surface area contributed by atoms with E-state index in [1.807, 2.05) is 0 Å². The number of benzene rings is 2. The van der Waals surface area contributed by atoms with Crippen LogP contribution >= 0.6 is 11.3 Å². The number of carbonyl (C=O) groups excluding carboxylic acids is 2. The van der Waals surface area contributed by atoms with Crippen molar-refractivity contribution in [2.75, 3.05) is 31.6 Å². The number of H-pyrrole nitrogens is 1. The van der Waals surface area contributed by atoms with Gasteiger partial charge in [0.15, 0.2) is 5.13 Å². The van der Waals surface area contributed by atoms with Crippen LogP contribution in [0.4, 0.5) is 36.3 Å². The van der Waals surface area contributed by atoms with E-state index in [1.165, 1.54) is 18.2 Å². The van der Waals surface area contributed by atoms with Gasteiger partial charge in [-0.1, -0.05) is 23.5 Å². The Morgan fingerprint density at radius 1 is 1.06 bits per heavy atom. The molecular formula is C31H30F6N6O5S. The van der Waals surface area contributed by atoms with E-state index < -0.39 is 58.6 Å². The number of aromatic amines is 1. The highest BCUT2D eigenvalue weighted by Crippen LogP contribution is 2.43. The van der Waals surface area contributed by atoms with Crippen molar-refractivity contribution in [3.8, 4) is 5.88 Å². The van der Waals surface area contributed by atoms with Gasteiger partial charge in [-0.2, -0.15) is 36.4 Å². The average molecular weight is 713 g/mol. The standard InChI is InChI=1S/C31H30F6N6O5S/c1-29(2,3)48-28(46)43-10-9-42(15-23(43)25(44)41-47-4)27-39-26(45)24(49-27)20(16-6-8-22-18(11-16)14-38-40-22)12-17-5-7-19(30(32,33)34)13-21(17)31(35,36)37/h5-8,11-14,23,45H,9-10,15H2,1-4H3,(H,38,40)(H,41,44). The third-order valence-electron chi connectivity index (χ3n) is 7.36. The van der Waals surface area contributed by atoms with Crippen molar-refractivity contribution in [3.05, 3.63) is 69.7 Å². The number of piperazine rings is 1. The fourth-order valence-corrected chi connectivity index (χ4v) is 6.18. The Balaban J connectivity index is 1.59. The summed E-state index contributed by atoms with van der Waals surface area (Å²) in [5.74, 6) is -1.25. The number of alkyl halides is 6. The highest BCUT2D eigenvalue weighted by atomic mass is 32.1. The molecule has 262 valence electrons. The van der Waals surface area contributed by atoms with E-state index in [2.05, 4.69) is 20.7 Å². The lowest BCUT2D eigenvalue weighted by molar-refractivity contribution is -0.143. The normalized spacial score (nSPS) is 16.3. The Kier molecular flexibility index (Phi) is 9.57. The second-order valence-corrected chi connectivity index (χ2v) is 13.0. The lowest BCUT2D eigenvalue weighted by Gasteiger charge is -2.40. The second-order valence-electron chi connectivity index (χ2n) is 12.0. The molecule has 0 spiro atoms. The number of nitrogens with one attached hydrogen (secondary N) is 2. The molecule has 2 aromatic heterocycles. The van der Waals surface area contributed by atoms with E-state index in [9.17, 15) is 41.0 Å². The largest absolute Gasteiger partial charge is 0.492 e. The number of anilines is 1. The zero-order chi connectivity index (χ0) is 35.9. The molecule has 2 aromatic carbocycles. The summed E-state index contributed by atoms with van der Waals surface area (Å²) in [5, 5.41) is 18.5. The van der Waals surface area contributed by atoms with Gasteiger partial charge in [0.05, 0.1) is 30.0 Å². The van der Waals surface area contributed by atoms with Crippen molar-refractivity contribution in [1.82, 2.24) is 25.6 Å². The van der Waals surface area contributed by atoms with Gasteiger partial charge in [0.2, 0.25) is 5.88 Å². The molecule has 2 amide bonds. The molecule has 49 heavy (non-hydrogen) atoms. The molecule has 18 heteroatoms. The number of aromatic nitrogens is 3. The summed E-state index contributed by atoms with van der Waals surface area (Å²) in [6.07, 6.45) is -8.41. The number of ether oxygens (including phenoxy) is 1. The van der Waals surface area contributed by atoms with Gasteiger partial charge in [-0.15, -0.1) is 0 Å². The molecule has 3 N–H and O–H groups in total. The third kappa shape index (κ3) is 7.91. The SMILES string of the molecule is CONC(=O)C1CN(c2nc(O)c(C(=Cc3ccc(C(F)(F)F)cc3C(F)(F)F)c3ccc4[nH]ncc4c3)s2)CCN1C(=O)OC(C)(C)C. The van der Waals surface area contributed by atoms with Crippen LogP contribution in [0.1, 0.15) is 47.9 Å². The number of amides is 2. The maximum Gasteiger partial charge on any atom is 0.417 e. The lowest BCUT2D eigenvalue weighted by Crippen LogP contribution is -2.61. The van der Waals surface area contributed by atoms with Gasteiger partial charge < -0.3 is 14.7 Å². The van der Waals surface area contributed by atoms with Crippen LogP contribution in [0.3, 0.4) is 0 Å². The summed E-state index contributed by atoms with van der Waals surface area (Å²) >= 11 is 0.877. The summed E-state index contributed by atoms with van der Waals surface area (Å²) in [6, 6.07) is 4.92. The third-order valence-corrected chi connectivity index (χ3v) is 8.50. The van der Waals surface area contributed by atoms with Crippen LogP contribution in [0.5, 0.6) is 5.88 Å². The van der Waals surface area contributed by atoms with E-state index in [0.717, 1.165) is 23.5 Å². The number of hydrogen-bond donors (Lipinski definition) is 3. The van der Waals surface area contributed by atoms with Crippen molar-refractivity contribution < 1.29 is 50.6 Å². The molecule has 1 unspecified atom stereocenters. The van der Waals surface area contributed by atoms with Crippen LogP contribution < -0.4 is 10.4 Å². The van der Waals surface area contributed by atoms with Crippen molar-refractivity contribution in [2.45, 2.75) is 44.8 Å². The van der Waals surface area contributed by atoms with Gasteiger partial charge in [-0.25, -0.2) is 10.3 Å². The van der Waals surface area contributed by atoms with Crippen LogP contribution in [0, 0.1) is 0 Å². The van der Waals surface area contributed by atoms with Crippen LogP contribution in [0.2, 0.25) is 0 Å². The van der Waals surface area contributed by atoms with Gasteiger partial charge in [-0.05, 0) is 62.2 Å². The number of nitrogens with zero attached hydrogens (tertiary/aromatic N) is 4. The number of halogens is 6. The molecule has 1 aliphatic rings. The quantitative estimate of drug-likeness (QED) is 0.118. The molecule has 4 aromatic rings. The first kappa shape index (κ1) is 35.5. The van der Waals surface area contributed by atoms with E-state index in [-0.39, 0.29) is 41.3 Å². The van der Waals surface area contributed by atoms with Crippen LogP contribution in [-0.2, 0) is 26.7 Å². The highest BCUT2D eigenvalue weighted by molar-refractivity contribution is 7.17. The number of carbonyl (C=O) groups is 2. The van der Waals surface area contributed by atoms with Crippen molar-refractivity contribution >= 4 is 51.0 Å². The van der Waals surface area contributed by atoms with Crippen LogP contribution in [-0.4, -0.2) is 75.6 Å². The number of hydroxylamine groups is 1. The summed E-state index contributed by atoms with van der Waals surface area (Å²) in [5.41, 5.74) is -1.31. The molecule has 3 heterocycles. The number of fused-ring (bicyclic) bond motifs is 1. The number of aromatic hydroxyl groups is 1. The Morgan fingerprint density at radius 3 is 2.45 bits per heavy atom. The minimum atomic E-state index is -5.15. The summed E-state index contributed by atoms with van der Waals surface area (Å²) < 4.78 is 88.1. The van der Waals surface area contributed by atoms with E-state index >= 15 is 0 Å². The van der Waals surface area contributed by atoms with E-state index in [0.29, 0.717) is 22.5 Å². The van der Waals surface area contributed by atoms with Crippen LogP contribution in [0.15, 0.2) is 42.6 Å². The molecule has 1 saturated heterocycles. The molecule has 0 saturated carbocycles. The number of hydrogen-bond acceptors (Lipinski definition) is 9. The molecular weight excluding hydrogens is 682 g/mol. The molecule has 1 fully saturated rings. The van der Waals surface area contributed by atoms with Crippen molar-refractivity contribution in [1.29, 1.82) is 0 Å². The minimum absolute atomic E-state index is 0.00154. The molecule has 11 nitrogen and oxygen atoms in total. The zero-order valence-corrected chi connectivity index (χ0v) is 27.2. The summed E-state index contributed by atoms with van der Waals surface area (Å²) in [4.78, 5) is 37.7. The van der Waals surface area contributed by atoms with Gasteiger partial charge >= 0.3 is 18.4 Å². The van der Waals surface area contributed by atoms with Gasteiger partial charge in [-0.3, -0.25) is 19.6 Å². The van der Waals surface area contributed by atoms with Crippen molar-refractivity contribution in [3.63, 3.8) is 0 Å². The highest BCUT2D eigenvalue weighted by Gasteiger charge is 2.40. The van der Waals surface area contributed by atoms with Gasteiger partial charge in [0.1, 0.15) is 16.5 Å². The molecule has 1 atom stereocenters. The second kappa shape index (κ2) is 13.2. The molecule has 0 radical (unpaired) electrons. The molecule has 0 aliphatic carbocycles. The van der Waals surface area contributed by atoms with Gasteiger partial charge in [0.25, 0.3) is 5.91 Å². The van der Waals surface area contributed by atoms with Crippen LogP contribution in [0.25, 0.3) is 22.6 Å². The monoisotopic (exact) mass is 712 g/mol. The molecule has 1 aliphatic heterocycles. The maximum atomic E-state index is 14.1. The predicted molar refractivity (Wildman–Crippen MR) is 167 cm³/mol. The first-order chi connectivity index (χ1) is 22.9. The maximum absolute atomic E-state index is 14.1. The van der Waals surface area contributed by atoms with E-state index in [1.54, 1.807) is 43.9 Å². The Labute approximate surface area is 279 Å². The predicted octanol–water partition coefficient (Wildman–Crippen LogP) is 6.45. The van der Waals surface area contributed by atoms with E-state index in [4.69, 9.17) is 9.57 Å². The van der Waals surface area contributed by atoms with Crippen molar-refractivity contribution in [2.24, 2.45) is 0 Å². The number of thiazole rings is 1. The number of rotatable bonds is 6. The fraction of sp³-hybridized carbons (Fsp3) is 0.355. The Bertz CT molecular complexity index is 1900. The minimum Gasteiger partial charge on any atom is -0.492 e. The smallest absolute Gasteiger partial charge is 0.417 e. The topological polar surface area (TPSA) is 133 Å². The zero-order valence-electron chi connectivity index (χ0n) is 26.4. The average Bonchev–Trinajstić information content (AvgIpc) is 3.64. The Hall–Kier alpha value is -4.84. The first-order valence-electron chi connectivity index (χ1n) is 14.6.